The van der Waals surface area contributed by atoms with Crippen molar-refractivity contribution in [2.45, 2.75) is 46.2 Å². The number of rotatable bonds is 9. The fraction of sp³-hybridized carbons (Fsp3) is 0.571. The van der Waals surface area contributed by atoms with Gasteiger partial charge in [0.1, 0.15) is 5.75 Å². The number of carbonyl (C=O) groups excluding carboxylic acids is 1. The van der Waals surface area contributed by atoms with Crippen LogP contribution in [0.1, 0.15) is 33.6 Å². The first-order valence-electron chi connectivity index (χ1n) is 10.4. The molecule has 1 aromatic carbocycles. The first-order valence-corrected chi connectivity index (χ1v) is 10.8. The van der Waals surface area contributed by atoms with Crippen molar-refractivity contribution in [3.05, 3.63) is 29.0 Å². The van der Waals surface area contributed by atoms with Crippen LogP contribution in [0, 0.1) is 10.7 Å². The van der Waals surface area contributed by atoms with Gasteiger partial charge in [0, 0.05) is 37.7 Å². The molecule has 2 N–H and O–H groups in total. The monoisotopic (exact) mass is 417 g/mol. The standard InChI is InChI=1S/C21H31N5O2S/c1-4-28-18-7-5-17(6-8-18)20-23-24-21(29)26(20)12-10-19(27)22-13-16-9-11-25(14-16)15(2)3/h5-8,15-16H,4,9-14H2,1-3H3,(H,22,27)(H,24,29). The third-order valence-electron chi connectivity index (χ3n) is 5.38. The number of carbonyl (C=O) groups is 1. The molecule has 1 fully saturated rings. The molecule has 2 heterocycles. The number of hydrogen-bond donors (Lipinski definition) is 2. The maximum atomic E-state index is 12.4. The summed E-state index contributed by atoms with van der Waals surface area (Å²) in [6.45, 7) is 10.4. The zero-order valence-electron chi connectivity index (χ0n) is 17.5. The van der Waals surface area contributed by atoms with Crippen LogP contribution < -0.4 is 10.1 Å². The Kier molecular flexibility index (Phi) is 7.44. The van der Waals surface area contributed by atoms with Gasteiger partial charge in [-0.3, -0.25) is 14.5 Å². The number of nitrogens with one attached hydrogen (secondary N) is 2. The highest BCUT2D eigenvalue weighted by molar-refractivity contribution is 7.71. The number of likely N-dealkylation sites (tertiary alicyclic amines) is 1. The smallest absolute Gasteiger partial charge is 0.221 e. The minimum atomic E-state index is 0.0498. The SMILES string of the molecule is CCOc1ccc(-c2n[nH]c(=S)n2CCC(=O)NCC2CCN(C(C)C)C2)cc1. The minimum absolute atomic E-state index is 0.0498. The van der Waals surface area contributed by atoms with Crippen molar-refractivity contribution in [1.82, 2.24) is 25.0 Å². The first-order chi connectivity index (χ1) is 14.0. The molecule has 158 valence electrons. The van der Waals surface area contributed by atoms with Gasteiger partial charge in [0.2, 0.25) is 5.91 Å². The lowest BCUT2D eigenvalue weighted by Crippen LogP contribution is -2.33. The first kappa shape index (κ1) is 21.5. The topological polar surface area (TPSA) is 75.2 Å². The Balaban J connectivity index is 1.54. The van der Waals surface area contributed by atoms with Gasteiger partial charge >= 0.3 is 0 Å². The third-order valence-corrected chi connectivity index (χ3v) is 5.69. The number of H-pyrrole nitrogens is 1. The summed E-state index contributed by atoms with van der Waals surface area (Å²) in [7, 11) is 0. The Hall–Kier alpha value is -2.19. The molecule has 7 nitrogen and oxygen atoms in total. The van der Waals surface area contributed by atoms with Crippen molar-refractivity contribution in [1.29, 1.82) is 0 Å². The summed E-state index contributed by atoms with van der Waals surface area (Å²) in [5, 5.41) is 10.3. The molecule has 1 aliphatic heterocycles. The molecule has 1 saturated heterocycles. The summed E-state index contributed by atoms with van der Waals surface area (Å²) in [6.07, 6.45) is 1.52. The minimum Gasteiger partial charge on any atom is -0.494 e. The lowest BCUT2D eigenvalue weighted by Gasteiger charge is -2.20. The van der Waals surface area contributed by atoms with Gasteiger partial charge in [0.05, 0.1) is 6.61 Å². The fourth-order valence-electron chi connectivity index (χ4n) is 3.67. The van der Waals surface area contributed by atoms with E-state index in [4.69, 9.17) is 17.0 Å². The van der Waals surface area contributed by atoms with E-state index in [1.165, 1.54) is 0 Å². The highest BCUT2D eigenvalue weighted by Gasteiger charge is 2.24. The van der Waals surface area contributed by atoms with Gasteiger partial charge in [-0.05, 0) is 76.1 Å². The normalized spacial score (nSPS) is 17.0. The van der Waals surface area contributed by atoms with Crippen LogP contribution in [0.15, 0.2) is 24.3 Å². The maximum Gasteiger partial charge on any atom is 0.221 e. The predicted octanol–water partition coefficient (Wildman–Crippen LogP) is 3.24. The van der Waals surface area contributed by atoms with Gasteiger partial charge in [-0.15, -0.1) is 0 Å². The highest BCUT2D eigenvalue weighted by atomic mass is 32.1. The van der Waals surface area contributed by atoms with Crippen LogP contribution in [0.25, 0.3) is 11.4 Å². The van der Waals surface area contributed by atoms with E-state index in [0.29, 0.717) is 36.3 Å². The maximum absolute atomic E-state index is 12.4. The molecule has 0 spiro atoms. The second-order valence-electron chi connectivity index (χ2n) is 7.76. The number of aromatic amines is 1. The van der Waals surface area contributed by atoms with Crippen molar-refractivity contribution >= 4 is 18.1 Å². The number of hydrogen-bond acceptors (Lipinski definition) is 5. The van der Waals surface area contributed by atoms with Crippen LogP contribution >= 0.6 is 12.2 Å². The molecule has 1 aliphatic rings. The zero-order chi connectivity index (χ0) is 20.8. The lowest BCUT2D eigenvalue weighted by molar-refractivity contribution is -0.121. The van der Waals surface area contributed by atoms with Gasteiger partial charge in [-0.2, -0.15) is 5.10 Å². The summed E-state index contributed by atoms with van der Waals surface area (Å²) in [6, 6.07) is 8.30. The van der Waals surface area contributed by atoms with E-state index in [-0.39, 0.29) is 5.91 Å². The quantitative estimate of drug-likeness (QED) is 0.613. The van der Waals surface area contributed by atoms with E-state index in [2.05, 4.69) is 34.3 Å². The summed E-state index contributed by atoms with van der Waals surface area (Å²) < 4.78 is 7.88. The Morgan fingerprint density at radius 2 is 2.14 bits per heavy atom. The Morgan fingerprint density at radius 3 is 2.79 bits per heavy atom. The summed E-state index contributed by atoms with van der Waals surface area (Å²) in [4.78, 5) is 14.8. The van der Waals surface area contributed by atoms with Crippen LogP contribution in [0.3, 0.4) is 0 Å². The van der Waals surface area contributed by atoms with Gasteiger partial charge in [0.15, 0.2) is 10.6 Å². The van der Waals surface area contributed by atoms with Crippen molar-refractivity contribution < 1.29 is 9.53 Å². The zero-order valence-corrected chi connectivity index (χ0v) is 18.3. The van der Waals surface area contributed by atoms with Gasteiger partial charge in [0.25, 0.3) is 0 Å². The van der Waals surface area contributed by atoms with E-state index in [0.717, 1.165) is 43.2 Å². The number of amides is 1. The molecule has 0 saturated carbocycles. The van der Waals surface area contributed by atoms with Crippen molar-refractivity contribution in [3.63, 3.8) is 0 Å². The van der Waals surface area contributed by atoms with Gasteiger partial charge in [-0.25, -0.2) is 0 Å². The van der Waals surface area contributed by atoms with Crippen molar-refractivity contribution in [3.8, 4) is 17.1 Å². The van der Waals surface area contributed by atoms with E-state index >= 15 is 0 Å². The molecule has 0 bridgehead atoms. The van der Waals surface area contributed by atoms with E-state index in [1.807, 2.05) is 35.8 Å². The van der Waals surface area contributed by atoms with Crippen LogP contribution in [-0.2, 0) is 11.3 Å². The van der Waals surface area contributed by atoms with E-state index in [9.17, 15) is 4.79 Å². The molecule has 1 aromatic heterocycles. The molecule has 3 rings (SSSR count). The Morgan fingerprint density at radius 1 is 1.38 bits per heavy atom. The molecule has 0 radical (unpaired) electrons. The molecular weight excluding hydrogens is 386 g/mol. The molecule has 1 atom stereocenters. The lowest BCUT2D eigenvalue weighted by atomic mass is 10.1. The fourth-order valence-corrected chi connectivity index (χ4v) is 3.89. The predicted molar refractivity (Wildman–Crippen MR) is 116 cm³/mol. The second kappa shape index (κ2) is 10.0. The van der Waals surface area contributed by atoms with Crippen molar-refractivity contribution in [2.75, 3.05) is 26.2 Å². The summed E-state index contributed by atoms with van der Waals surface area (Å²) >= 11 is 5.36. The molecule has 1 unspecified atom stereocenters. The molecule has 1 amide bonds. The molecule has 0 aliphatic carbocycles. The summed E-state index contributed by atoms with van der Waals surface area (Å²) in [5.74, 6) is 2.14. The highest BCUT2D eigenvalue weighted by Crippen LogP contribution is 2.21. The van der Waals surface area contributed by atoms with Crippen LogP contribution in [0.2, 0.25) is 0 Å². The number of aromatic nitrogens is 3. The number of nitrogens with zero attached hydrogens (tertiary/aromatic N) is 3. The van der Waals surface area contributed by atoms with Crippen LogP contribution in [0.4, 0.5) is 0 Å². The largest absolute Gasteiger partial charge is 0.494 e. The average molecular weight is 418 g/mol. The van der Waals surface area contributed by atoms with Gasteiger partial charge in [-0.1, -0.05) is 0 Å². The van der Waals surface area contributed by atoms with Crippen LogP contribution in [-0.4, -0.2) is 57.9 Å². The molecule has 8 heteroatoms. The molecular formula is C21H31N5O2S. The Bertz CT molecular complexity index is 859. The number of ether oxygens (including phenoxy) is 1. The molecule has 29 heavy (non-hydrogen) atoms. The van der Waals surface area contributed by atoms with Crippen molar-refractivity contribution in [2.24, 2.45) is 5.92 Å². The summed E-state index contributed by atoms with van der Waals surface area (Å²) in [5.41, 5.74) is 0.931. The Labute approximate surface area is 177 Å². The third kappa shape index (κ3) is 5.67. The van der Waals surface area contributed by atoms with Gasteiger partial charge < -0.3 is 15.0 Å². The second-order valence-corrected chi connectivity index (χ2v) is 8.15. The molecule has 2 aromatic rings. The van der Waals surface area contributed by atoms with E-state index < -0.39 is 0 Å². The number of benzene rings is 1. The van der Waals surface area contributed by atoms with Crippen LogP contribution in [0.5, 0.6) is 5.75 Å². The average Bonchev–Trinajstić information content (AvgIpc) is 3.33. The van der Waals surface area contributed by atoms with E-state index in [1.54, 1.807) is 0 Å².